The molecule has 0 heterocycles. The number of rotatable bonds is 5. The predicted octanol–water partition coefficient (Wildman–Crippen LogP) is 1.47. The molecular weight excluding hydrogens is 181 g/mol. The molecule has 1 rings (SSSR count). The van der Waals surface area contributed by atoms with Crippen LogP contribution in [0, 0.1) is 5.82 Å². The molecule has 3 N–H and O–H groups in total. The van der Waals surface area contributed by atoms with Gasteiger partial charge in [-0.05, 0) is 37.0 Å². The molecule has 1 atom stereocenters. The van der Waals surface area contributed by atoms with Gasteiger partial charge in [0.15, 0.2) is 0 Å². The van der Waals surface area contributed by atoms with E-state index in [2.05, 4.69) is 0 Å². The number of hydrogen-bond acceptors (Lipinski definition) is 2. The van der Waals surface area contributed by atoms with Crippen molar-refractivity contribution in [3.05, 3.63) is 35.6 Å². The summed E-state index contributed by atoms with van der Waals surface area (Å²) in [7, 11) is 0. The van der Waals surface area contributed by atoms with Crippen molar-refractivity contribution in [1.82, 2.24) is 0 Å². The molecule has 2 nitrogen and oxygen atoms in total. The first-order chi connectivity index (χ1) is 6.72. The lowest BCUT2D eigenvalue weighted by Crippen LogP contribution is -2.21. The average Bonchev–Trinajstić information content (AvgIpc) is 2.17. The van der Waals surface area contributed by atoms with Gasteiger partial charge in [-0.3, -0.25) is 0 Å². The van der Waals surface area contributed by atoms with Crippen molar-refractivity contribution in [3.8, 4) is 0 Å². The molecule has 0 saturated carbocycles. The Morgan fingerprint density at radius 1 is 1.21 bits per heavy atom. The summed E-state index contributed by atoms with van der Waals surface area (Å²) in [6.45, 7) is 0.130. The molecule has 0 bridgehead atoms. The van der Waals surface area contributed by atoms with Crippen molar-refractivity contribution in [2.45, 2.75) is 25.3 Å². The highest BCUT2D eigenvalue weighted by atomic mass is 19.1. The second-order valence-corrected chi connectivity index (χ2v) is 3.44. The highest BCUT2D eigenvalue weighted by Gasteiger charge is 2.02. The minimum absolute atomic E-state index is 0.0325. The number of benzene rings is 1. The Kier molecular flexibility index (Phi) is 4.56. The van der Waals surface area contributed by atoms with E-state index >= 15 is 0 Å². The number of nitrogens with two attached hydrogens (primary N) is 1. The molecule has 1 unspecified atom stereocenters. The number of aliphatic hydroxyl groups is 1. The van der Waals surface area contributed by atoms with Crippen molar-refractivity contribution < 1.29 is 9.50 Å². The first-order valence-electron chi connectivity index (χ1n) is 4.83. The highest BCUT2D eigenvalue weighted by molar-refractivity contribution is 5.16. The zero-order valence-corrected chi connectivity index (χ0v) is 8.12. The fourth-order valence-corrected chi connectivity index (χ4v) is 1.31. The number of aliphatic hydroxyl groups excluding tert-OH is 1. The van der Waals surface area contributed by atoms with Crippen molar-refractivity contribution in [2.24, 2.45) is 5.73 Å². The van der Waals surface area contributed by atoms with Gasteiger partial charge >= 0.3 is 0 Å². The van der Waals surface area contributed by atoms with Crippen LogP contribution in [0.3, 0.4) is 0 Å². The Morgan fingerprint density at radius 3 is 2.43 bits per heavy atom. The molecule has 78 valence electrons. The molecule has 1 aromatic carbocycles. The monoisotopic (exact) mass is 197 g/mol. The smallest absolute Gasteiger partial charge is 0.123 e. The summed E-state index contributed by atoms with van der Waals surface area (Å²) >= 11 is 0. The van der Waals surface area contributed by atoms with Crippen LogP contribution in [-0.2, 0) is 6.42 Å². The third kappa shape index (κ3) is 3.85. The van der Waals surface area contributed by atoms with E-state index in [4.69, 9.17) is 10.8 Å². The molecule has 0 aliphatic carbocycles. The van der Waals surface area contributed by atoms with Crippen LogP contribution >= 0.6 is 0 Å². The van der Waals surface area contributed by atoms with Crippen LogP contribution in [0.15, 0.2) is 24.3 Å². The summed E-state index contributed by atoms with van der Waals surface area (Å²) in [6.07, 6.45) is 2.29. The van der Waals surface area contributed by atoms with Crippen molar-refractivity contribution >= 4 is 0 Å². The molecule has 0 aromatic heterocycles. The molecule has 1 aromatic rings. The number of hydrogen-bond donors (Lipinski definition) is 2. The maximum absolute atomic E-state index is 12.5. The third-order valence-electron chi connectivity index (χ3n) is 2.22. The van der Waals surface area contributed by atoms with Crippen LogP contribution in [0.1, 0.15) is 18.4 Å². The van der Waals surface area contributed by atoms with Gasteiger partial charge in [0.25, 0.3) is 0 Å². The minimum Gasteiger partial charge on any atom is -0.396 e. The van der Waals surface area contributed by atoms with Gasteiger partial charge in [-0.15, -0.1) is 0 Å². The maximum Gasteiger partial charge on any atom is 0.123 e. The van der Waals surface area contributed by atoms with E-state index in [0.29, 0.717) is 6.42 Å². The molecule has 0 fully saturated rings. The van der Waals surface area contributed by atoms with Gasteiger partial charge in [-0.25, -0.2) is 4.39 Å². The maximum atomic E-state index is 12.5. The normalized spacial score (nSPS) is 12.8. The second kappa shape index (κ2) is 5.73. The van der Waals surface area contributed by atoms with E-state index in [1.165, 1.54) is 12.1 Å². The lowest BCUT2D eigenvalue weighted by atomic mass is 10.0. The molecule has 0 aliphatic heterocycles. The quantitative estimate of drug-likeness (QED) is 0.750. The summed E-state index contributed by atoms with van der Waals surface area (Å²) in [5, 5.41) is 8.64. The summed E-state index contributed by atoms with van der Waals surface area (Å²) < 4.78 is 12.5. The van der Waals surface area contributed by atoms with Gasteiger partial charge in [0, 0.05) is 12.6 Å². The summed E-state index contributed by atoms with van der Waals surface area (Å²) in [5.41, 5.74) is 6.81. The first kappa shape index (κ1) is 11.1. The van der Waals surface area contributed by atoms with Gasteiger partial charge < -0.3 is 10.8 Å². The van der Waals surface area contributed by atoms with Gasteiger partial charge in [0.2, 0.25) is 0 Å². The minimum atomic E-state index is -0.214. The van der Waals surface area contributed by atoms with Crippen molar-refractivity contribution in [2.75, 3.05) is 6.61 Å². The van der Waals surface area contributed by atoms with Gasteiger partial charge in [-0.1, -0.05) is 12.1 Å². The molecule has 0 saturated heterocycles. The van der Waals surface area contributed by atoms with Crippen LogP contribution < -0.4 is 5.73 Å². The Hall–Kier alpha value is -0.930. The van der Waals surface area contributed by atoms with Crippen LogP contribution in [0.5, 0.6) is 0 Å². The Morgan fingerprint density at radius 2 is 1.86 bits per heavy atom. The standard InChI is InChI=1S/C11H16FNO/c12-10-4-1-9(2-5-10)3-6-11(13)7-8-14/h1-2,4-5,11,14H,3,6-8,13H2. The molecule has 0 radical (unpaired) electrons. The van der Waals surface area contributed by atoms with E-state index in [9.17, 15) is 4.39 Å². The molecule has 0 aliphatic rings. The summed E-state index contributed by atoms with van der Waals surface area (Å²) in [5.74, 6) is -0.214. The average molecular weight is 197 g/mol. The Balaban J connectivity index is 2.34. The Labute approximate surface area is 83.6 Å². The van der Waals surface area contributed by atoms with E-state index < -0.39 is 0 Å². The van der Waals surface area contributed by atoms with Crippen molar-refractivity contribution in [1.29, 1.82) is 0 Å². The lowest BCUT2D eigenvalue weighted by molar-refractivity contribution is 0.273. The molecule has 0 spiro atoms. The fraction of sp³-hybridized carbons (Fsp3) is 0.455. The largest absolute Gasteiger partial charge is 0.396 e. The fourth-order valence-electron chi connectivity index (χ4n) is 1.31. The zero-order chi connectivity index (χ0) is 10.4. The van der Waals surface area contributed by atoms with Crippen LogP contribution in [0.25, 0.3) is 0 Å². The van der Waals surface area contributed by atoms with Gasteiger partial charge in [-0.2, -0.15) is 0 Å². The third-order valence-corrected chi connectivity index (χ3v) is 2.22. The lowest BCUT2D eigenvalue weighted by Gasteiger charge is -2.09. The highest BCUT2D eigenvalue weighted by Crippen LogP contribution is 2.07. The Bertz CT molecular complexity index is 260. The number of aryl methyl sites for hydroxylation is 1. The van der Waals surface area contributed by atoms with E-state index in [-0.39, 0.29) is 18.5 Å². The molecule has 3 heteroatoms. The van der Waals surface area contributed by atoms with Gasteiger partial charge in [0.1, 0.15) is 5.82 Å². The molecule has 0 amide bonds. The van der Waals surface area contributed by atoms with E-state index in [1.54, 1.807) is 12.1 Å². The topological polar surface area (TPSA) is 46.2 Å². The van der Waals surface area contributed by atoms with Crippen LogP contribution in [0.2, 0.25) is 0 Å². The predicted molar refractivity (Wildman–Crippen MR) is 54.4 cm³/mol. The first-order valence-corrected chi connectivity index (χ1v) is 4.83. The SMILES string of the molecule is NC(CCO)CCc1ccc(F)cc1. The van der Waals surface area contributed by atoms with Gasteiger partial charge in [0.05, 0.1) is 0 Å². The molecular formula is C11H16FNO. The second-order valence-electron chi connectivity index (χ2n) is 3.44. The van der Waals surface area contributed by atoms with E-state index in [1.807, 2.05) is 0 Å². The van der Waals surface area contributed by atoms with Crippen LogP contribution in [0.4, 0.5) is 4.39 Å². The zero-order valence-electron chi connectivity index (χ0n) is 8.12. The summed E-state index contributed by atoms with van der Waals surface area (Å²) in [4.78, 5) is 0. The van der Waals surface area contributed by atoms with Crippen LogP contribution in [-0.4, -0.2) is 17.8 Å². The van der Waals surface area contributed by atoms with Crippen molar-refractivity contribution in [3.63, 3.8) is 0 Å². The number of halogens is 1. The summed E-state index contributed by atoms with van der Waals surface area (Å²) in [6, 6.07) is 6.46. The van der Waals surface area contributed by atoms with E-state index in [0.717, 1.165) is 18.4 Å². The molecule has 14 heavy (non-hydrogen) atoms.